The third-order valence-corrected chi connectivity index (χ3v) is 4.04. The van der Waals surface area contributed by atoms with Gasteiger partial charge in [0.15, 0.2) is 0 Å². The van der Waals surface area contributed by atoms with Gasteiger partial charge >= 0.3 is 0 Å². The van der Waals surface area contributed by atoms with E-state index in [4.69, 9.17) is 5.11 Å². The molecule has 0 heterocycles. The Morgan fingerprint density at radius 3 is 2.59 bits per heavy atom. The second-order valence-corrected chi connectivity index (χ2v) is 5.29. The van der Waals surface area contributed by atoms with Crippen LogP contribution >= 0.6 is 0 Å². The molecule has 0 unspecified atom stereocenters. The van der Waals surface area contributed by atoms with Crippen molar-refractivity contribution in [3.05, 3.63) is 29.8 Å². The molecule has 0 atom stereocenters. The van der Waals surface area contributed by atoms with Gasteiger partial charge in [0.05, 0.1) is 0 Å². The average molecular weight is 233 g/mol. The lowest BCUT2D eigenvalue weighted by atomic mass is 9.92. The molecule has 17 heavy (non-hydrogen) atoms. The summed E-state index contributed by atoms with van der Waals surface area (Å²) in [5.41, 5.74) is 3.18. The molecule has 1 fully saturated rings. The smallest absolute Gasteiger partial charge is 0.0436 e. The van der Waals surface area contributed by atoms with Gasteiger partial charge in [-0.3, -0.25) is 0 Å². The summed E-state index contributed by atoms with van der Waals surface area (Å²) >= 11 is 0. The molecule has 1 aromatic rings. The molecule has 1 aliphatic carbocycles. The van der Waals surface area contributed by atoms with E-state index in [9.17, 15) is 0 Å². The van der Waals surface area contributed by atoms with Crippen molar-refractivity contribution < 1.29 is 5.11 Å². The molecular weight excluding hydrogens is 210 g/mol. The van der Waals surface area contributed by atoms with Crippen molar-refractivity contribution in [3.63, 3.8) is 0 Å². The molecule has 2 nitrogen and oxygen atoms in total. The van der Waals surface area contributed by atoms with Crippen LogP contribution in [0.2, 0.25) is 0 Å². The van der Waals surface area contributed by atoms with E-state index in [0.717, 1.165) is 19.4 Å². The number of aliphatic hydroxyl groups excluding tert-OH is 1. The number of aliphatic hydroxyl groups is 1. The number of rotatable bonds is 6. The van der Waals surface area contributed by atoms with Crippen molar-refractivity contribution in [2.45, 2.75) is 32.6 Å². The first-order valence-electron chi connectivity index (χ1n) is 6.61. The van der Waals surface area contributed by atoms with E-state index in [0.29, 0.717) is 12.0 Å². The predicted molar refractivity (Wildman–Crippen MR) is 72.5 cm³/mol. The summed E-state index contributed by atoms with van der Waals surface area (Å²) in [5.74, 6) is 0. The Kier molecular flexibility index (Phi) is 3.72. The SMILES string of the molecule is CCN(C)c1ccccc1CC1(CCO)CC1. The molecule has 0 amide bonds. The van der Waals surface area contributed by atoms with Crippen LogP contribution in [0.25, 0.3) is 0 Å². The molecule has 1 saturated carbocycles. The van der Waals surface area contributed by atoms with Crippen LogP contribution in [0.5, 0.6) is 0 Å². The van der Waals surface area contributed by atoms with Gasteiger partial charge in [0.1, 0.15) is 0 Å². The molecule has 0 aromatic heterocycles. The maximum atomic E-state index is 9.13. The Hall–Kier alpha value is -1.02. The van der Waals surface area contributed by atoms with Gasteiger partial charge in [-0.2, -0.15) is 0 Å². The van der Waals surface area contributed by atoms with Crippen LogP contribution in [-0.2, 0) is 6.42 Å². The maximum absolute atomic E-state index is 9.13. The molecule has 1 aliphatic rings. The van der Waals surface area contributed by atoms with E-state index in [2.05, 4.69) is 43.1 Å². The minimum absolute atomic E-state index is 0.325. The minimum atomic E-state index is 0.325. The summed E-state index contributed by atoms with van der Waals surface area (Å²) in [6.45, 7) is 3.53. The van der Waals surface area contributed by atoms with Crippen molar-refractivity contribution in [1.29, 1.82) is 0 Å². The van der Waals surface area contributed by atoms with Crippen LogP contribution in [0.15, 0.2) is 24.3 Å². The average Bonchev–Trinajstić information content (AvgIpc) is 3.09. The van der Waals surface area contributed by atoms with Crippen molar-refractivity contribution >= 4 is 5.69 Å². The summed E-state index contributed by atoms with van der Waals surface area (Å²) in [6, 6.07) is 8.67. The van der Waals surface area contributed by atoms with Gasteiger partial charge in [-0.25, -0.2) is 0 Å². The maximum Gasteiger partial charge on any atom is 0.0436 e. The normalized spacial score (nSPS) is 16.9. The van der Waals surface area contributed by atoms with Gasteiger partial charge in [-0.05, 0) is 49.7 Å². The fourth-order valence-corrected chi connectivity index (χ4v) is 2.54. The van der Waals surface area contributed by atoms with Crippen LogP contribution in [-0.4, -0.2) is 25.3 Å². The largest absolute Gasteiger partial charge is 0.396 e. The van der Waals surface area contributed by atoms with E-state index in [-0.39, 0.29) is 0 Å². The van der Waals surface area contributed by atoms with Gasteiger partial charge in [0.2, 0.25) is 0 Å². The zero-order valence-electron chi connectivity index (χ0n) is 10.9. The highest BCUT2D eigenvalue weighted by molar-refractivity contribution is 5.53. The van der Waals surface area contributed by atoms with Crippen LogP contribution in [0.4, 0.5) is 5.69 Å². The van der Waals surface area contributed by atoms with Crippen molar-refractivity contribution in [2.24, 2.45) is 5.41 Å². The Labute approximate surface area is 104 Å². The summed E-state index contributed by atoms with van der Waals surface area (Å²) in [4.78, 5) is 2.30. The minimum Gasteiger partial charge on any atom is -0.396 e. The first-order chi connectivity index (χ1) is 8.21. The van der Waals surface area contributed by atoms with Crippen LogP contribution in [0.3, 0.4) is 0 Å². The van der Waals surface area contributed by atoms with Crippen LogP contribution in [0, 0.1) is 5.41 Å². The molecule has 1 aromatic carbocycles. The zero-order valence-corrected chi connectivity index (χ0v) is 10.9. The van der Waals surface area contributed by atoms with Gasteiger partial charge in [-0.15, -0.1) is 0 Å². The lowest BCUT2D eigenvalue weighted by Gasteiger charge is -2.23. The molecule has 94 valence electrons. The van der Waals surface area contributed by atoms with E-state index in [1.165, 1.54) is 24.1 Å². The van der Waals surface area contributed by atoms with Gasteiger partial charge in [0.25, 0.3) is 0 Å². The van der Waals surface area contributed by atoms with E-state index >= 15 is 0 Å². The Morgan fingerprint density at radius 2 is 2.00 bits per heavy atom. The summed E-state index contributed by atoms with van der Waals surface area (Å²) < 4.78 is 0. The number of anilines is 1. The quantitative estimate of drug-likeness (QED) is 0.816. The topological polar surface area (TPSA) is 23.5 Å². The standard InChI is InChI=1S/C15H23NO/c1-3-16(2)14-7-5-4-6-13(14)12-15(8-9-15)10-11-17/h4-7,17H,3,8-12H2,1-2H3. The number of hydrogen-bond acceptors (Lipinski definition) is 2. The molecule has 0 bridgehead atoms. The summed E-state index contributed by atoms with van der Waals surface area (Å²) in [5, 5.41) is 9.13. The fraction of sp³-hybridized carbons (Fsp3) is 0.600. The van der Waals surface area contributed by atoms with E-state index in [1.807, 2.05) is 0 Å². The summed E-state index contributed by atoms with van der Waals surface area (Å²) in [7, 11) is 2.14. The third kappa shape index (κ3) is 2.81. The number of nitrogens with zero attached hydrogens (tertiary/aromatic N) is 1. The molecular formula is C15H23NO. The van der Waals surface area contributed by atoms with Gasteiger partial charge in [-0.1, -0.05) is 18.2 Å². The van der Waals surface area contributed by atoms with Crippen molar-refractivity contribution in [2.75, 3.05) is 25.1 Å². The third-order valence-electron chi connectivity index (χ3n) is 4.04. The second-order valence-electron chi connectivity index (χ2n) is 5.29. The fourth-order valence-electron chi connectivity index (χ4n) is 2.54. The molecule has 0 aliphatic heterocycles. The van der Waals surface area contributed by atoms with Crippen LogP contribution < -0.4 is 4.90 Å². The molecule has 0 radical (unpaired) electrons. The predicted octanol–water partition coefficient (Wildman–Crippen LogP) is 2.85. The monoisotopic (exact) mass is 233 g/mol. The number of para-hydroxylation sites is 1. The lowest BCUT2D eigenvalue weighted by molar-refractivity contribution is 0.248. The molecule has 0 saturated heterocycles. The van der Waals surface area contributed by atoms with Crippen molar-refractivity contribution in [3.8, 4) is 0 Å². The Bertz CT molecular complexity index is 371. The van der Waals surface area contributed by atoms with E-state index < -0.39 is 0 Å². The van der Waals surface area contributed by atoms with Gasteiger partial charge in [0, 0.05) is 25.9 Å². The molecule has 2 heteroatoms. The van der Waals surface area contributed by atoms with Gasteiger partial charge < -0.3 is 10.0 Å². The second kappa shape index (κ2) is 5.09. The highest BCUT2D eigenvalue weighted by atomic mass is 16.3. The highest BCUT2D eigenvalue weighted by Crippen LogP contribution is 2.51. The molecule has 1 N–H and O–H groups in total. The summed E-state index contributed by atoms with van der Waals surface area (Å²) in [6.07, 6.45) is 4.63. The first-order valence-corrected chi connectivity index (χ1v) is 6.61. The van der Waals surface area contributed by atoms with Crippen LogP contribution in [0.1, 0.15) is 31.7 Å². The first kappa shape index (κ1) is 12.4. The number of benzene rings is 1. The lowest BCUT2D eigenvalue weighted by Crippen LogP contribution is -2.19. The zero-order chi connectivity index (χ0) is 12.3. The van der Waals surface area contributed by atoms with E-state index in [1.54, 1.807) is 0 Å². The van der Waals surface area contributed by atoms with Crippen molar-refractivity contribution in [1.82, 2.24) is 0 Å². The number of hydrogen-bond donors (Lipinski definition) is 1. The Balaban J connectivity index is 2.15. The molecule has 2 rings (SSSR count). The highest BCUT2D eigenvalue weighted by Gasteiger charge is 2.42. The Morgan fingerprint density at radius 1 is 1.29 bits per heavy atom. The molecule has 0 spiro atoms.